The van der Waals surface area contributed by atoms with Gasteiger partial charge >= 0.3 is 0 Å². The number of rotatable bonds is 4. The van der Waals surface area contributed by atoms with Crippen molar-refractivity contribution in [3.05, 3.63) is 59.9 Å². The summed E-state index contributed by atoms with van der Waals surface area (Å²) >= 11 is 1.35. The lowest BCUT2D eigenvalue weighted by Gasteiger charge is -2.05. The second kappa shape index (κ2) is 7.09. The number of nitriles is 1. The van der Waals surface area contributed by atoms with Crippen LogP contribution in [-0.4, -0.2) is 26.6 Å². The smallest absolute Gasteiger partial charge is 0.234 e. The Balaban J connectivity index is 1.54. The summed E-state index contributed by atoms with van der Waals surface area (Å²) in [7, 11) is 0. The molecule has 132 valence electrons. The van der Waals surface area contributed by atoms with E-state index in [-0.39, 0.29) is 11.7 Å². The summed E-state index contributed by atoms with van der Waals surface area (Å²) in [4.78, 5) is 24.3. The maximum atomic E-state index is 12.3. The molecule has 6 nitrogen and oxygen atoms in total. The van der Waals surface area contributed by atoms with Gasteiger partial charge in [0.15, 0.2) is 0 Å². The number of nitrogens with one attached hydrogen (secondary N) is 2. The number of aromatic amines is 1. The van der Waals surface area contributed by atoms with Gasteiger partial charge in [-0.1, -0.05) is 30.0 Å². The highest BCUT2D eigenvalue weighted by atomic mass is 32.2. The number of aryl methyl sites for hydroxylation is 1. The van der Waals surface area contributed by atoms with Crippen LogP contribution in [-0.2, 0) is 4.79 Å². The van der Waals surface area contributed by atoms with Crippen LogP contribution in [0, 0.1) is 18.3 Å². The topological polar surface area (TPSA) is 94.5 Å². The van der Waals surface area contributed by atoms with Gasteiger partial charge < -0.3 is 10.3 Å². The molecule has 2 aromatic heterocycles. The van der Waals surface area contributed by atoms with Crippen LogP contribution in [0.4, 0.5) is 5.69 Å². The predicted molar refractivity (Wildman–Crippen MR) is 107 cm³/mol. The zero-order chi connectivity index (χ0) is 18.8. The molecule has 0 saturated heterocycles. The second-order valence-corrected chi connectivity index (χ2v) is 7.07. The quantitative estimate of drug-likeness (QED) is 0.416. The Morgan fingerprint density at radius 1 is 1.26 bits per heavy atom. The van der Waals surface area contributed by atoms with Gasteiger partial charge in [-0.15, -0.1) is 0 Å². The minimum absolute atomic E-state index is 0.159. The average Bonchev–Trinajstić information content (AvgIpc) is 3.04. The molecule has 4 aromatic rings. The molecule has 1 amide bonds. The van der Waals surface area contributed by atoms with E-state index in [4.69, 9.17) is 5.26 Å². The first-order valence-electron chi connectivity index (χ1n) is 8.30. The van der Waals surface area contributed by atoms with Crippen LogP contribution in [0.15, 0.2) is 53.8 Å². The van der Waals surface area contributed by atoms with Crippen LogP contribution < -0.4 is 5.32 Å². The number of fused-ring (bicyclic) bond motifs is 3. The SMILES string of the molecule is Cc1ccc2c(c1)[nH]c1c(SCC(=O)Nc3cccc(C#N)c3)ncnc12. The molecule has 2 aromatic carbocycles. The van der Waals surface area contributed by atoms with Crippen LogP contribution >= 0.6 is 11.8 Å². The Labute approximate surface area is 159 Å². The minimum Gasteiger partial charge on any atom is -0.351 e. The lowest BCUT2D eigenvalue weighted by Crippen LogP contribution is -2.14. The van der Waals surface area contributed by atoms with E-state index >= 15 is 0 Å². The number of hydrogen-bond donors (Lipinski definition) is 2. The summed E-state index contributed by atoms with van der Waals surface area (Å²) in [6.45, 7) is 2.04. The first-order valence-corrected chi connectivity index (χ1v) is 9.28. The zero-order valence-corrected chi connectivity index (χ0v) is 15.3. The van der Waals surface area contributed by atoms with Crippen LogP contribution in [0.3, 0.4) is 0 Å². The van der Waals surface area contributed by atoms with Crippen molar-refractivity contribution in [3.63, 3.8) is 0 Å². The second-order valence-electron chi connectivity index (χ2n) is 6.11. The van der Waals surface area contributed by atoms with Gasteiger partial charge in [-0.2, -0.15) is 5.26 Å². The third-order valence-corrected chi connectivity index (χ3v) is 5.11. The van der Waals surface area contributed by atoms with Crippen LogP contribution in [0.1, 0.15) is 11.1 Å². The summed E-state index contributed by atoms with van der Waals surface area (Å²) in [6, 6.07) is 15.1. The molecule has 0 aliphatic carbocycles. The largest absolute Gasteiger partial charge is 0.351 e. The average molecular weight is 373 g/mol. The van der Waals surface area contributed by atoms with Crippen molar-refractivity contribution in [2.75, 3.05) is 11.1 Å². The van der Waals surface area contributed by atoms with Gasteiger partial charge in [-0.05, 0) is 36.8 Å². The number of thioether (sulfide) groups is 1. The molecule has 7 heteroatoms. The summed E-state index contributed by atoms with van der Waals surface area (Å²) in [6.07, 6.45) is 1.52. The molecule has 2 N–H and O–H groups in total. The molecule has 0 aliphatic heterocycles. The lowest BCUT2D eigenvalue weighted by molar-refractivity contribution is -0.113. The van der Waals surface area contributed by atoms with E-state index in [0.29, 0.717) is 11.3 Å². The molecule has 0 aliphatic rings. The van der Waals surface area contributed by atoms with Crippen molar-refractivity contribution >= 4 is 45.3 Å². The third kappa shape index (κ3) is 3.48. The monoisotopic (exact) mass is 373 g/mol. The molecule has 4 rings (SSSR count). The maximum Gasteiger partial charge on any atom is 0.234 e. The van der Waals surface area contributed by atoms with Gasteiger partial charge in [0.25, 0.3) is 0 Å². The number of amides is 1. The van der Waals surface area contributed by atoms with Crippen LogP contribution in [0.2, 0.25) is 0 Å². The molecule has 2 heterocycles. The fourth-order valence-electron chi connectivity index (χ4n) is 2.90. The van der Waals surface area contributed by atoms with Crippen molar-refractivity contribution in [2.45, 2.75) is 11.9 Å². The van der Waals surface area contributed by atoms with Crippen molar-refractivity contribution in [1.82, 2.24) is 15.0 Å². The summed E-state index contributed by atoms with van der Waals surface area (Å²) in [5.74, 6) is 0.0471. The summed E-state index contributed by atoms with van der Waals surface area (Å²) < 4.78 is 0. The molecule has 27 heavy (non-hydrogen) atoms. The lowest BCUT2D eigenvalue weighted by atomic mass is 10.2. The number of carbonyl (C=O) groups is 1. The predicted octanol–water partition coefficient (Wildman–Crippen LogP) is 4.02. The van der Waals surface area contributed by atoms with Crippen molar-refractivity contribution < 1.29 is 4.79 Å². The normalized spacial score (nSPS) is 10.8. The van der Waals surface area contributed by atoms with Crippen LogP contribution in [0.5, 0.6) is 0 Å². The Bertz CT molecular complexity index is 1210. The highest BCUT2D eigenvalue weighted by molar-refractivity contribution is 8.00. The van der Waals surface area contributed by atoms with Gasteiger partial charge in [0, 0.05) is 16.6 Å². The molecule has 0 unspecified atom stereocenters. The maximum absolute atomic E-state index is 12.3. The minimum atomic E-state index is -0.159. The zero-order valence-electron chi connectivity index (χ0n) is 14.5. The number of carbonyl (C=O) groups excluding carboxylic acids is 1. The fourth-order valence-corrected chi connectivity index (χ4v) is 3.65. The molecule has 0 bridgehead atoms. The van der Waals surface area contributed by atoms with Crippen molar-refractivity contribution in [2.24, 2.45) is 0 Å². The molecule has 0 radical (unpaired) electrons. The standard InChI is InChI=1S/C20H15N5OS/c1-12-5-6-15-16(7-12)25-19-18(15)22-11-23-20(19)27-10-17(26)24-14-4-2-3-13(8-14)9-21/h2-8,11,25H,10H2,1H3,(H,24,26). The third-order valence-electron chi connectivity index (χ3n) is 4.12. The highest BCUT2D eigenvalue weighted by Crippen LogP contribution is 2.30. The number of H-pyrrole nitrogens is 1. The molecule has 0 spiro atoms. The number of benzene rings is 2. The van der Waals surface area contributed by atoms with E-state index in [1.54, 1.807) is 24.3 Å². The number of hydrogen-bond acceptors (Lipinski definition) is 5. The Morgan fingerprint density at radius 3 is 3.00 bits per heavy atom. The number of anilines is 1. The Kier molecular flexibility index (Phi) is 4.48. The molecular formula is C20H15N5OS. The van der Waals surface area contributed by atoms with E-state index in [1.165, 1.54) is 18.1 Å². The van der Waals surface area contributed by atoms with Gasteiger partial charge in [0.1, 0.15) is 16.9 Å². The first kappa shape index (κ1) is 17.1. The number of aromatic nitrogens is 3. The fraction of sp³-hybridized carbons (Fsp3) is 0.100. The Hall–Kier alpha value is -3.37. The highest BCUT2D eigenvalue weighted by Gasteiger charge is 2.13. The summed E-state index contributed by atoms with van der Waals surface area (Å²) in [5, 5.41) is 13.5. The first-order chi connectivity index (χ1) is 13.1. The van der Waals surface area contributed by atoms with E-state index in [2.05, 4.69) is 32.4 Å². The van der Waals surface area contributed by atoms with E-state index < -0.39 is 0 Å². The molecular weight excluding hydrogens is 358 g/mol. The molecule has 0 saturated carbocycles. The van der Waals surface area contributed by atoms with E-state index in [9.17, 15) is 4.79 Å². The Morgan fingerprint density at radius 2 is 2.15 bits per heavy atom. The van der Waals surface area contributed by atoms with Gasteiger partial charge in [-0.25, -0.2) is 9.97 Å². The van der Waals surface area contributed by atoms with Crippen molar-refractivity contribution in [3.8, 4) is 6.07 Å². The van der Waals surface area contributed by atoms with Crippen molar-refractivity contribution in [1.29, 1.82) is 5.26 Å². The van der Waals surface area contributed by atoms with Crippen LogP contribution in [0.25, 0.3) is 21.9 Å². The van der Waals surface area contributed by atoms with E-state index in [0.717, 1.165) is 32.5 Å². The van der Waals surface area contributed by atoms with Gasteiger partial charge in [-0.3, -0.25) is 4.79 Å². The summed E-state index contributed by atoms with van der Waals surface area (Å²) in [5.41, 5.74) is 4.97. The number of nitrogens with zero attached hydrogens (tertiary/aromatic N) is 3. The molecule has 0 fully saturated rings. The van der Waals surface area contributed by atoms with Gasteiger partial charge in [0.2, 0.25) is 5.91 Å². The van der Waals surface area contributed by atoms with E-state index in [1.807, 2.05) is 19.1 Å². The molecule has 0 atom stereocenters. The van der Waals surface area contributed by atoms with Gasteiger partial charge in [0.05, 0.1) is 22.9 Å².